The van der Waals surface area contributed by atoms with Gasteiger partial charge in [0.2, 0.25) is 0 Å². The lowest BCUT2D eigenvalue weighted by atomic mass is 9.93. The Labute approximate surface area is 101 Å². The van der Waals surface area contributed by atoms with Gasteiger partial charge >= 0.3 is 0 Å². The molecule has 1 aliphatic rings. The molecular formula is C12H20N2OS. The summed E-state index contributed by atoms with van der Waals surface area (Å²) >= 11 is 1.68. The Balaban J connectivity index is 2.12. The molecular weight excluding hydrogens is 220 g/mol. The molecule has 1 aromatic rings. The van der Waals surface area contributed by atoms with Gasteiger partial charge in [0.1, 0.15) is 5.01 Å². The number of nitrogens with two attached hydrogens (primary N) is 1. The molecule has 2 unspecified atom stereocenters. The molecule has 2 heterocycles. The molecule has 2 N–H and O–H groups in total. The molecule has 0 spiro atoms. The van der Waals surface area contributed by atoms with Gasteiger partial charge in [-0.3, -0.25) is 0 Å². The fourth-order valence-electron chi connectivity index (χ4n) is 1.82. The SMILES string of the molecule is CC(C)(C)c1csc(C(N)C2CCOC2)n1. The lowest BCUT2D eigenvalue weighted by molar-refractivity contribution is 0.181. The maximum Gasteiger partial charge on any atom is 0.110 e. The number of nitrogens with zero attached hydrogens (tertiary/aromatic N) is 1. The fraction of sp³-hybridized carbons (Fsp3) is 0.750. The van der Waals surface area contributed by atoms with Crippen LogP contribution in [0.5, 0.6) is 0 Å². The molecule has 3 nitrogen and oxygen atoms in total. The van der Waals surface area contributed by atoms with Gasteiger partial charge in [-0.25, -0.2) is 4.98 Å². The van der Waals surface area contributed by atoms with Crippen LogP contribution < -0.4 is 5.73 Å². The molecule has 0 amide bonds. The topological polar surface area (TPSA) is 48.1 Å². The quantitative estimate of drug-likeness (QED) is 0.864. The van der Waals surface area contributed by atoms with Crippen LogP contribution in [0.2, 0.25) is 0 Å². The van der Waals surface area contributed by atoms with E-state index in [1.165, 1.54) is 0 Å². The Hall–Kier alpha value is -0.450. The summed E-state index contributed by atoms with van der Waals surface area (Å²) in [6.07, 6.45) is 1.06. The molecule has 0 bridgehead atoms. The minimum absolute atomic E-state index is 0.0450. The lowest BCUT2D eigenvalue weighted by Gasteiger charge is -2.16. The average molecular weight is 240 g/mol. The monoisotopic (exact) mass is 240 g/mol. The van der Waals surface area contributed by atoms with Crippen molar-refractivity contribution in [1.82, 2.24) is 4.98 Å². The number of ether oxygens (including phenoxy) is 1. The van der Waals surface area contributed by atoms with Crippen molar-refractivity contribution in [3.8, 4) is 0 Å². The zero-order valence-electron chi connectivity index (χ0n) is 10.2. The molecule has 4 heteroatoms. The first-order valence-electron chi connectivity index (χ1n) is 5.77. The molecule has 0 saturated carbocycles. The third-order valence-electron chi connectivity index (χ3n) is 3.05. The van der Waals surface area contributed by atoms with Crippen LogP contribution in [-0.2, 0) is 10.2 Å². The Bertz CT molecular complexity index is 350. The summed E-state index contributed by atoms with van der Waals surface area (Å²) in [6, 6.07) is 0.0450. The summed E-state index contributed by atoms with van der Waals surface area (Å²) in [7, 11) is 0. The summed E-state index contributed by atoms with van der Waals surface area (Å²) in [6.45, 7) is 8.16. The fourth-order valence-corrected chi connectivity index (χ4v) is 2.96. The molecule has 1 fully saturated rings. The summed E-state index contributed by atoms with van der Waals surface area (Å²) in [5, 5.41) is 3.19. The highest BCUT2D eigenvalue weighted by Gasteiger charge is 2.27. The Morgan fingerprint density at radius 1 is 1.56 bits per heavy atom. The third-order valence-corrected chi connectivity index (χ3v) is 3.99. The first kappa shape index (κ1) is 12.0. The predicted octanol–water partition coefficient (Wildman–Crippen LogP) is 2.48. The number of aromatic nitrogens is 1. The highest BCUT2D eigenvalue weighted by Crippen LogP contribution is 2.31. The molecule has 0 radical (unpaired) electrons. The van der Waals surface area contributed by atoms with Crippen LogP contribution in [0.15, 0.2) is 5.38 Å². The van der Waals surface area contributed by atoms with Crippen LogP contribution in [0.1, 0.15) is 43.9 Å². The van der Waals surface area contributed by atoms with Crippen molar-refractivity contribution in [3.05, 3.63) is 16.1 Å². The number of thiazole rings is 1. The van der Waals surface area contributed by atoms with Crippen LogP contribution in [0.3, 0.4) is 0 Å². The van der Waals surface area contributed by atoms with Crippen molar-refractivity contribution < 1.29 is 4.74 Å². The number of hydrogen-bond acceptors (Lipinski definition) is 4. The van der Waals surface area contributed by atoms with E-state index in [2.05, 4.69) is 31.1 Å². The zero-order valence-corrected chi connectivity index (χ0v) is 11.0. The maximum absolute atomic E-state index is 6.22. The second-order valence-electron chi connectivity index (χ2n) is 5.47. The van der Waals surface area contributed by atoms with Gasteiger partial charge in [-0.2, -0.15) is 0 Å². The number of rotatable bonds is 2. The maximum atomic E-state index is 6.22. The molecule has 2 rings (SSSR count). The minimum atomic E-state index is 0.0450. The van der Waals surface area contributed by atoms with Gasteiger partial charge in [0, 0.05) is 23.3 Å². The van der Waals surface area contributed by atoms with Gasteiger partial charge in [-0.15, -0.1) is 11.3 Å². The molecule has 0 aliphatic carbocycles. The van der Waals surface area contributed by atoms with Crippen molar-refractivity contribution in [2.75, 3.05) is 13.2 Å². The van der Waals surface area contributed by atoms with Gasteiger partial charge < -0.3 is 10.5 Å². The smallest absolute Gasteiger partial charge is 0.110 e. The van der Waals surface area contributed by atoms with E-state index < -0.39 is 0 Å². The highest BCUT2D eigenvalue weighted by molar-refractivity contribution is 7.09. The van der Waals surface area contributed by atoms with Crippen molar-refractivity contribution in [3.63, 3.8) is 0 Å². The Morgan fingerprint density at radius 2 is 2.31 bits per heavy atom. The van der Waals surface area contributed by atoms with Gasteiger partial charge in [0.15, 0.2) is 0 Å². The normalized spacial score (nSPS) is 23.6. The molecule has 1 aromatic heterocycles. The first-order chi connectivity index (χ1) is 7.48. The van der Waals surface area contributed by atoms with Crippen molar-refractivity contribution in [1.29, 1.82) is 0 Å². The van der Waals surface area contributed by atoms with E-state index in [-0.39, 0.29) is 11.5 Å². The van der Waals surface area contributed by atoms with E-state index in [1.807, 2.05) is 0 Å². The van der Waals surface area contributed by atoms with Gasteiger partial charge in [-0.1, -0.05) is 20.8 Å². The summed E-state index contributed by atoms with van der Waals surface area (Å²) in [5.41, 5.74) is 7.48. The van der Waals surface area contributed by atoms with Crippen LogP contribution >= 0.6 is 11.3 Å². The Kier molecular flexibility index (Phi) is 3.33. The van der Waals surface area contributed by atoms with Crippen molar-refractivity contribution >= 4 is 11.3 Å². The minimum Gasteiger partial charge on any atom is -0.381 e. The van der Waals surface area contributed by atoms with E-state index in [9.17, 15) is 0 Å². The molecule has 1 aliphatic heterocycles. The van der Waals surface area contributed by atoms with E-state index in [0.717, 1.165) is 30.3 Å². The lowest BCUT2D eigenvalue weighted by Crippen LogP contribution is -2.22. The van der Waals surface area contributed by atoms with Crippen LogP contribution in [0.25, 0.3) is 0 Å². The molecule has 2 atom stereocenters. The Morgan fingerprint density at radius 3 is 2.81 bits per heavy atom. The van der Waals surface area contributed by atoms with Crippen LogP contribution in [0, 0.1) is 5.92 Å². The van der Waals surface area contributed by atoms with E-state index >= 15 is 0 Å². The standard InChI is InChI=1S/C12H20N2OS/c1-12(2,3)9-7-16-11(14-9)10(13)8-4-5-15-6-8/h7-8,10H,4-6,13H2,1-3H3. The van der Waals surface area contributed by atoms with Gasteiger partial charge in [0.05, 0.1) is 18.3 Å². The van der Waals surface area contributed by atoms with Crippen LogP contribution in [-0.4, -0.2) is 18.2 Å². The van der Waals surface area contributed by atoms with E-state index in [0.29, 0.717) is 5.92 Å². The van der Waals surface area contributed by atoms with E-state index in [1.54, 1.807) is 11.3 Å². The van der Waals surface area contributed by atoms with Crippen molar-refractivity contribution in [2.24, 2.45) is 11.7 Å². The van der Waals surface area contributed by atoms with Crippen LogP contribution in [0.4, 0.5) is 0 Å². The molecule has 16 heavy (non-hydrogen) atoms. The van der Waals surface area contributed by atoms with Crippen molar-refractivity contribution in [2.45, 2.75) is 38.6 Å². The molecule has 0 aromatic carbocycles. The number of hydrogen-bond donors (Lipinski definition) is 1. The van der Waals surface area contributed by atoms with Gasteiger partial charge in [0.25, 0.3) is 0 Å². The molecule has 90 valence electrons. The first-order valence-corrected chi connectivity index (χ1v) is 6.65. The second kappa shape index (κ2) is 4.43. The largest absolute Gasteiger partial charge is 0.381 e. The van der Waals surface area contributed by atoms with Gasteiger partial charge in [-0.05, 0) is 6.42 Å². The highest BCUT2D eigenvalue weighted by atomic mass is 32.1. The predicted molar refractivity (Wildman–Crippen MR) is 66.7 cm³/mol. The second-order valence-corrected chi connectivity index (χ2v) is 6.36. The average Bonchev–Trinajstić information content (AvgIpc) is 2.87. The third kappa shape index (κ3) is 2.44. The molecule has 1 saturated heterocycles. The van der Waals surface area contributed by atoms with E-state index in [4.69, 9.17) is 10.5 Å². The summed E-state index contributed by atoms with van der Waals surface area (Å²) in [5.74, 6) is 0.443. The summed E-state index contributed by atoms with van der Waals surface area (Å²) < 4.78 is 5.37. The zero-order chi connectivity index (χ0) is 11.8. The summed E-state index contributed by atoms with van der Waals surface area (Å²) in [4.78, 5) is 4.66.